The van der Waals surface area contributed by atoms with E-state index in [9.17, 15) is 19.5 Å². The largest absolute Gasteiger partial charge is 0.478 e. The van der Waals surface area contributed by atoms with Gasteiger partial charge in [0.15, 0.2) is 0 Å². The predicted molar refractivity (Wildman–Crippen MR) is 167 cm³/mol. The van der Waals surface area contributed by atoms with Crippen LogP contribution < -0.4 is 15.5 Å². The van der Waals surface area contributed by atoms with Crippen LogP contribution >= 0.6 is 0 Å². The van der Waals surface area contributed by atoms with Crippen molar-refractivity contribution in [3.8, 4) is 11.3 Å². The van der Waals surface area contributed by atoms with Crippen LogP contribution in [-0.4, -0.2) is 41.0 Å². The van der Waals surface area contributed by atoms with Crippen LogP contribution in [0.15, 0.2) is 85.1 Å². The molecular weight excluding hydrogens is 540 g/mol. The molecule has 8 heteroatoms. The molecule has 3 N–H and O–H groups in total. The number of carboxylic acids is 1. The monoisotopic (exact) mass is 574 g/mol. The van der Waals surface area contributed by atoms with Gasteiger partial charge >= 0.3 is 5.97 Å². The average molecular weight is 575 g/mol. The minimum absolute atomic E-state index is 0.0364. The van der Waals surface area contributed by atoms with Crippen LogP contribution in [0.3, 0.4) is 0 Å². The van der Waals surface area contributed by atoms with Crippen molar-refractivity contribution in [1.29, 1.82) is 0 Å². The molecule has 0 unspecified atom stereocenters. The predicted octanol–water partition coefficient (Wildman–Crippen LogP) is 6.50. The first-order valence-electron chi connectivity index (χ1n) is 14.8. The first-order valence-corrected chi connectivity index (χ1v) is 14.8. The molecule has 3 aromatic carbocycles. The lowest BCUT2D eigenvalue weighted by Gasteiger charge is -2.29. The molecule has 1 aliphatic heterocycles. The van der Waals surface area contributed by atoms with Crippen LogP contribution in [0.5, 0.6) is 0 Å². The molecule has 8 nitrogen and oxygen atoms in total. The number of rotatable bonds is 7. The molecule has 2 heterocycles. The normalized spacial score (nSPS) is 16.2. The molecular formula is C35H34N4O4. The fourth-order valence-corrected chi connectivity index (χ4v) is 6.05. The summed E-state index contributed by atoms with van der Waals surface area (Å²) in [7, 11) is 0. The molecule has 1 saturated heterocycles. The van der Waals surface area contributed by atoms with Crippen molar-refractivity contribution >= 4 is 29.2 Å². The fourth-order valence-electron chi connectivity index (χ4n) is 6.05. The molecule has 0 radical (unpaired) electrons. The van der Waals surface area contributed by atoms with Gasteiger partial charge < -0.3 is 20.6 Å². The first kappa shape index (κ1) is 28.2. The Morgan fingerprint density at radius 3 is 2.42 bits per heavy atom. The van der Waals surface area contributed by atoms with Gasteiger partial charge in [-0.2, -0.15) is 0 Å². The van der Waals surface area contributed by atoms with Crippen LogP contribution in [0.2, 0.25) is 0 Å². The molecule has 218 valence electrons. The third-order valence-corrected chi connectivity index (χ3v) is 8.32. The Morgan fingerprint density at radius 2 is 1.58 bits per heavy atom. The summed E-state index contributed by atoms with van der Waals surface area (Å²) < 4.78 is 0. The van der Waals surface area contributed by atoms with E-state index in [0.717, 1.165) is 50.9 Å². The fraction of sp³-hybridized carbons (Fsp3) is 0.257. The van der Waals surface area contributed by atoms with Gasteiger partial charge in [-0.3, -0.25) is 14.6 Å². The Labute approximate surface area is 250 Å². The minimum Gasteiger partial charge on any atom is -0.478 e. The summed E-state index contributed by atoms with van der Waals surface area (Å²) in [4.78, 5) is 45.1. The summed E-state index contributed by atoms with van der Waals surface area (Å²) in [5, 5.41) is 15.6. The van der Waals surface area contributed by atoms with Crippen LogP contribution in [0, 0.1) is 0 Å². The highest BCUT2D eigenvalue weighted by molar-refractivity contribution is 6.07. The van der Waals surface area contributed by atoms with Gasteiger partial charge in [0.25, 0.3) is 11.8 Å². The molecule has 0 saturated carbocycles. The highest BCUT2D eigenvalue weighted by atomic mass is 16.4. The number of carbonyl (C=O) groups is 3. The maximum absolute atomic E-state index is 13.5. The number of fused-ring (bicyclic) bond motifs is 1. The Morgan fingerprint density at radius 1 is 0.791 bits per heavy atom. The van der Waals surface area contributed by atoms with Crippen molar-refractivity contribution < 1.29 is 19.5 Å². The average Bonchev–Trinajstić information content (AvgIpc) is 3.05. The number of hydrogen-bond acceptors (Lipinski definition) is 5. The highest BCUT2D eigenvalue weighted by Crippen LogP contribution is 2.34. The van der Waals surface area contributed by atoms with Gasteiger partial charge in [0, 0.05) is 41.7 Å². The molecule has 1 fully saturated rings. The zero-order valence-electron chi connectivity index (χ0n) is 23.9. The van der Waals surface area contributed by atoms with E-state index in [1.54, 1.807) is 30.5 Å². The van der Waals surface area contributed by atoms with Crippen LogP contribution in [0.1, 0.15) is 80.3 Å². The number of amides is 2. The number of aromatic carboxylic acids is 1. The van der Waals surface area contributed by atoms with E-state index < -0.39 is 11.9 Å². The number of nitrogens with zero attached hydrogens (tertiary/aromatic N) is 2. The number of benzene rings is 3. The number of piperidine rings is 1. The Kier molecular flexibility index (Phi) is 8.18. The second-order valence-corrected chi connectivity index (χ2v) is 11.2. The van der Waals surface area contributed by atoms with Crippen LogP contribution in [0.25, 0.3) is 11.3 Å². The molecule has 2 amide bonds. The van der Waals surface area contributed by atoms with E-state index in [1.165, 1.54) is 29.7 Å². The maximum Gasteiger partial charge on any atom is 0.335 e. The van der Waals surface area contributed by atoms with Gasteiger partial charge in [-0.05, 0) is 98.2 Å². The van der Waals surface area contributed by atoms with Gasteiger partial charge in [-0.15, -0.1) is 0 Å². The summed E-state index contributed by atoms with van der Waals surface area (Å²) in [5.41, 5.74) is 6.00. The molecule has 0 bridgehead atoms. The van der Waals surface area contributed by atoms with Crippen molar-refractivity contribution in [2.24, 2.45) is 0 Å². The first-order chi connectivity index (χ1) is 21.0. The lowest BCUT2D eigenvalue weighted by molar-refractivity contribution is 0.0696. The number of anilines is 2. The number of aromatic nitrogens is 1. The molecule has 6 rings (SSSR count). The molecule has 43 heavy (non-hydrogen) atoms. The van der Waals surface area contributed by atoms with Crippen LogP contribution in [0.4, 0.5) is 11.4 Å². The van der Waals surface area contributed by atoms with Crippen molar-refractivity contribution in [3.63, 3.8) is 0 Å². The number of carbonyl (C=O) groups excluding carboxylic acids is 2. The summed E-state index contributed by atoms with van der Waals surface area (Å²) >= 11 is 0. The quantitative estimate of drug-likeness (QED) is 0.232. The van der Waals surface area contributed by atoms with E-state index >= 15 is 0 Å². The number of hydrogen-bond donors (Lipinski definition) is 3. The summed E-state index contributed by atoms with van der Waals surface area (Å²) in [6.45, 7) is 1.90. The van der Waals surface area contributed by atoms with E-state index in [1.807, 2.05) is 30.3 Å². The van der Waals surface area contributed by atoms with Gasteiger partial charge in [0.2, 0.25) is 0 Å². The molecule has 1 aliphatic carbocycles. The van der Waals surface area contributed by atoms with E-state index in [0.29, 0.717) is 22.5 Å². The molecule has 4 aromatic rings. The van der Waals surface area contributed by atoms with E-state index in [4.69, 9.17) is 0 Å². The molecule has 1 aromatic heterocycles. The summed E-state index contributed by atoms with van der Waals surface area (Å²) in [6, 6.07) is 23.5. The van der Waals surface area contributed by atoms with Crippen molar-refractivity contribution in [2.45, 2.75) is 44.6 Å². The van der Waals surface area contributed by atoms with Crippen molar-refractivity contribution in [1.82, 2.24) is 10.3 Å². The topological polar surface area (TPSA) is 112 Å². The Balaban J connectivity index is 1.31. The van der Waals surface area contributed by atoms with E-state index in [2.05, 4.69) is 32.7 Å². The van der Waals surface area contributed by atoms with Gasteiger partial charge in [0.1, 0.15) is 0 Å². The Bertz CT molecular complexity index is 1680. The minimum atomic E-state index is -1.10. The summed E-state index contributed by atoms with van der Waals surface area (Å²) in [6.07, 6.45) is 7.98. The Hall–Kier alpha value is -4.98. The third-order valence-electron chi connectivity index (χ3n) is 8.32. The van der Waals surface area contributed by atoms with Crippen LogP contribution in [-0.2, 0) is 6.42 Å². The number of pyridine rings is 1. The summed E-state index contributed by atoms with van der Waals surface area (Å²) in [5.74, 6) is -1.70. The number of carboxylic acid groups (broad SMARTS) is 1. The molecule has 0 spiro atoms. The zero-order valence-corrected chi connectivity index (χ0v) is 23.9. The maximum atomic E-state index is 13.5. The number of nitrogens with one attached hydrogen (secondary N) is 2. The highest BCUT2D eigenvalue weighted by Gasteiger charge is 2.23. The van der Waals surface area contributed by atoms with Gasteiger partial charge in [-0.25, -0.2) is 4.79 Å². The lowest BCUT2D eigenvalue weighted by Crippen LogP contribution is -2.31. The zero-order chi connectivity index (χ0) is 29.8. The van der Waals surface area contributed by atoms with Crippen molar-refractivity contribution in [2.75, 3.05) is 23.3 Å². The van der Waals surface area contributed by atoms with E-state index in [-0.39, 0.29) is 23.1 Å². The standard InChI is InChI=1S/C35H34N4O4/c40-33(24-10-6-11-26(20-24)35(42)43)38-31-15-14-27(39-18-4-1-5-19-39)22-29(31)32-21-25(16-17-36-32)34(41)37-30-13-7-9-23-8-2-3-12-28(23)30/h2-3,6,8,10-12,14-17,20-22,30H,1,4-5,7,9,13,18-19H2,(H,37,41)(H,38,40)(H,42,43)/t30-/m0/s1. The van der Waals surface area contributed by atoms with Gasteiger partial charge in [0.05, 0.1) is 23.0 Å². The number of aryl methyl sites for hydroxylation is 1. The second-order valence-electron chi connectivity index (χ2n) is 11.2. The molecule has 2 aliphatic rings. The van der Waals surface area contributed by atoms with Crippen molar-refractivity contribution in [3.05, 3.63) is 113 Å². The van der Waals surface area contributed by atoms with Gasteiger partial charge in [-0.1, -0.05) is 30.3 Å². The third kappa shape index (κ3) is 6.28. The SMILES string of the molecule is O=C(O)c1cccc(C(=O)Nc2ccc(N3CCCCC3)cc2-c2cc(C(=O)N[C@H]3CCCc4ccccc43)ccn2)c1. The molecule has 1 atom stereocenters. The lowest BCUT2D eigenvalue weighted by atomic mass is 9.87. The smallest absolute Gasteiger partial charge is 0.335 e. The second kappa shape index (κ2) is 12.5.